The average molecular weight is 184 g/mol. The van der Waals surface area contributed by atoms with Gasteiger partial charge in [0, 0.05) is 12.5 Å². The molecule has 0 aliphatic carbocycles. The predicted molar refractivity (Wildman–Crippen MR) is 49.0 cm³/mol. The first kappa shape index (κ1) is 10.0. The largest absolute Gasteiger partial charge is 0.354 e. The number of carbonyl (C=O) groups is 2. The van der Waals surface area contributed by atoms with Gasteiger partial charge in [0.2, 0.25) is 11.8 Å². The lowest BCUT2D eigenvalue weighted by molar-refractivity contribution is -0.131. The van der Waals surface area contributed by atoms with Gasteiger partial charge in [-0.25, -0.2) is 0 Å². The summed E-state index contributed by atoms with van der Waals surface area (Å²) in [7, 11) is 0. The van der Waals surface area contributed by atoms with Crippen molar-refractivity contribution in [2.45, 2.75) is 32.7 Å². The first-order valence-electron chi connectivity index (χ1n) is 4.69. The average Bonchev–Trinajstić information content (AvgIpc) is 2.08. The van der Waals surface area contributed by atoms with E-state index >= 15 is 0 Å². The topological polar surface area (TPSA) is 58.2 Å². The Bertz CT molecular complexity index is 214. The molecule has 1 heterocycles. The molecule has 1 aliphatic heterocycles. The van der Waals surface area contributed by atoms with Crippen LogP contribution in [0.2, 0.25) is 0 Å². The van der Waals surface area contributed by atoms with Crippen LogP contribution in [0.5, 0.6) is 0 Å². The lowest BCUT2D eigenvalue weighted by Gasteiger charge is -2.23. The monoisotopic (exact) mass is 184 g/mol. The molecule has 0 spiro atoms. The Morgan fingerprint density at radius 1 is 1.62 bits per heavy atom. The molecule has 2 N–H and O–H groups in total. The number of hydrogen-bond acceptors (Lipinski definition) is 2. The fraction of sp³-hybridized carbons (Fsp3) is 0.778. The van der Waals surface area contributed by atoms with Crippen LogP contribution in [0.1, 0.15) is 26.7 Å². The van der Waals surface area contributed by atoms with Gasteiger partial charge >= 0.3 is 0 Å². The summed E-state index contributed by atoms with van der Waals surface area (Å²) in [5.41, 5.74) is 0. The highest BCUT2D eigenvalue weighted by Gasteiger charge is 2.24. The van der Waals surface area contributed by atoms with Gasteiger partial charge in [0.05, 0.1) is 0 Å². The van der Waals surface area contributed by atoms with E-state index in [-0.39, 0.29) is 23.8 Å². The van der Waals surface area contributed by atoms with Crippen LogP contribution in [0.25, 0.3) is 0 Å². The van der Waals surface area contributed by atoms with E-state index in [0.29, 0.717) is 0 Å². The van der Waals surface area contributed by atoms with Gasteiger partial charge < -0.3 is 10.6 Å². The van der Waals surface area contributed by atoms with E-state index in [1.807, 2.05) is 13.8 Å². The van der Waals surface area contributed by atoms with E-state index in [0.717, 1.165) is 19.4 Å². The maximum Gasteiger partial charge on any atom is 0.242 e. The summed E-state index contributed by atoms with van der Waals surface area (Å²) < 4.78 is 0. The number of rotatable bonds is 2. The molecule has 1 fully saturated rings. The second kappa shape index (κ2) is 4.25. The van der Waals surface area contributed by atoms with E-state index in [1.54, 1.807) is 0 Å². The number of amides is 2. The Balaban J connectivity index is 2.43. The molecule has 4 heteroatoms. The van der Waals surface area contributed by atoms with Gasteiger partial charge in [0.1, 0.15) is 6.04 Å². The summed E-state index contributed by atoms with van der Waals surface area (Å²) in [4.78, 5) is 22.5. The van der Waals surface area contributed by atoms with Crippen LogP contribution in [0.15, 0.2) is 0 Å². The normalized spacial score (nSPS) is 22.7. The first-order chi connectivity index (χ1) is 6.11. The summed E-state index contributed by atoms with van der Waals surface area (Å²) >= 11 is 0. The maximum atomic E-state index is 11.3. The number of hydrogen-bond donors (Lipinski definition) is 2. The third-order valence-corrected chi connectivity index (χ3v) is 2.13. The van der Waals surface area contributed by atoms with Crippen molar-refractivity contribution in [2.75, 3.05) is 6.54 Å². The van der Waals surface area contributed by atoms with Crippen LogP contribution in [0, 0.1) is 5.92 Å². The minimum Gasteiger partial charge on any atom is -0.354 e. The molecule has 74 valence electrons. The Labute approximate surface area is 78.1 Å². The minimum atomic E-state index is -0.316. The number of nitrogens with one attached hydrogen (secondary N) is 2. The Hall–Kier alpha value is -1.06. The molecule has 0 aromatic carbocycles. The summed E-state index contributed by atoms with van der Waals surface area (Å²) in [6, 6.07) is -0.316. The summed E-state index contributed by atoms with van der Waals surface area (Å²) in [6.07, 6.45) is 1.69. The molecular formula is C9H16N2O2. The van der Waals surface area contributed by atoms with Crippen molar-refractivity contribution in [3.8, 4) is 0 Å². The molecular weight excluding hydrogens is 168 g/mol. The zero-order chi connectivity index (χ0) is 9.84. The molecule has 0 bridgehead atoms. The summed E-state index contributed by atoms with van der Waals surface area (Å²) in [5, 5.41) is 5.44. The Morgan fingerprint density at radius 2 is 2.31 bits per heavy atom. The van der Waals surface area contributed by atoms with E-state index in [2.05, 4.69) is 10.6 Å². The molecule has 1 saturated heterocycles. The fourth-order valence-electron chi connectivity index (χ4n) is 1.25. The van der Waals surface area contributed by atoms with E-state index in [9.17, 15) is 9.59 Å². The maximum absolute atomic E-state index is 11.3. The van der Waals surface area contributed by atoms with Crippen LogP contribution < -0.4 is 10.6 Å². The van der Waals surface area contributed by atoms with Crippen molar-refractivity contribution in [3.63, 3.8) is 0 Å². The molecule has 13 heavy (non-hydrogen) atoms. The van der Waals surface area contributed by atoms with Crippen molar-refractivity contribution < 1.29 is 9.59 Å². The van der Waals surface area contributed by atoms with Crippen molar-refractivity contribution >= 4 is 11.8 Å². The molecule has 0 radical (unpaired) electrons. The second-order valence-electron chi connectivity index (χ2n) is 3.65. The van der Waals surface area contributed by atoms with E-state index < -0.39 is 0 Å². The highest BCUT2D eigenvalue weighted by atomic mass is 16.2. The van der Waals surface area contributed by atoms with Crippen molar-refractivity contribution in [1.29, 1.82) is 0 Å². The van der Waals surface area contributed by atoms with Crippen molar-refractivity contribution in [2.24, 2.45) is 5.92 Å². The Morgan fingerprint density at radius 3 is 2.85 bits per heavy atom. The number of carbonyl (C=O) groups excluding carboxylic acids is 2. The lowest BCUT2D eigenvalue weighted by atomic mass is 10.1. The van der Waals surface area contributed by atoms with Gasteiger partial charge in [-0.2, -0.15) is 0 Å². The van der Waals surface area contributed by atoms with Gasteiger partial charge in [-0.15, -0.1) is 0 Å². The summed E-state index contributed by atoms with van der Waals surface area (Å²) in [5.74, 6) is -0.169. The summed E-state index contributed by atoms with van der Waals surface area (Å²) in [6.45, 7) is 4.36. The van der Waals surface area contributed by atoms with Crippen LogP contribution >= 0.6 is 0 Å². The Kier molecular flexibility index (Phi) is 3.28. The highest BCUT2D eigenvalue weighted by molar-refractivity contribution is 5.88. The first-order valence-corrected chi connectivity index (χ1v) is 4.69. The molecule has 2 amide bonds. The molecule has 1 aliphatic rings. The van der Waals surface area contributed by atoms with Gasteiger partial charge in [-0.3, -0.25) is 9.59 Å². The van der Waals surface area contributed by atoms with E-state index in [4.69, 9.17) is 0 Å². The zero-order valence-electron chi connectivity index (χ0n) is 8.09. The van der Waals surface area contributed by atoms with Gasteiger partial charge in [0.15, 0.2) is 0 Å². The smallest absolute Gasteiger partial charge is 0.242 e. The van der Waals surface area contributed by atoms with Crippen LogP contribution in [0.4, 0.5) is 0 Å². The van der Waals surface area contributed by atoms with E-state index in [1.165, 1.54) is 0 Å². The van der Waals surface area contributed by atoms with Crippen LogP contribution in [-0.2, 0) is 9.59 Å². The SMILES string of the molecule is CC(C)C(=O)N[C@H]1CCCNC1=O. The third kappa shape index (κ3) is 2.72. The molecule has 4 nitrogen and oxygen atoms in total. The highest BCUT2D eigenvalue weighted by Crippen LogP contribution is 2.04. The predicted octanol–water partition coefficient (Wildman–Crippen LogP) is 0.0372. The van der Waals surface area contributed by atoms with Gasteiger partial charge in [-0.1, -0.05) is 13.8 Å². The molecule has 1 rings (SSSR count). The standard InChI is InChI=1S/C9H16N2O2/c1-6(2)8(12)11-7-4-3-5-10-9(7)13/h6-7H,3-5H2,1-2H3,(H,10,13)(H,11,12)/t7-/m0/s1. The lowest BCUT2D eigenvalue weighted by Crippen LogP contribution is -2.51. The van der Waals surface area contributed by atoms with Crippen molar-refractivity contribution in [1.82, 2.24) is 10.6 Å². The molecule has 0 aromatic rings. The fourth-order valence-corrected chi connectivity index (χ4v) is 1.25. The molecule has 1 atom stereocenters. The van der Waals surface area contributed by atoms with Crippen molar-refractivity contribution in [3.05, 3.63) is 0 Å². The van der Waals surface area contributed by atoms with Crippen LogP contribution in [0.3, 0.4) is 0 Å². The third-order valence-electron chi connectivity index (χ3n) is 2.13. The second-order valence-corrected chi connectivity index (χ2v) is 3.65. The minimum absolute atomic E-state index is 0.0537. The zero-order valence-corrected chi connectivity index (χ0v) is 8.09. The molecule has 0 unspecified atom stereocenters. The number of piperidine rings is 1. The quantitative estimate of drug-likeness (QED) is 0.636. The van der Waals surface area contributed by atoms with Gasteiger partial charge in [0.25, 0.3) is 0 Å². The molecule has 0 aromatic heterocycles. The van der Waals surface area contributed by atoms with Gasteiger partial charge in [-0.05, 0) is 12.8 Å². The van der Waals surface area contributed by atoms with Crippen LogP contribution in [-0.4, -0.2) is 24.4 Å². The molecule has 0 saturated carbocycles.